The number of halogens is 3. The minimum atomic E-state index is -4.65. The molecule has 2 heterocycles. The Labute approximate surface area is 112 Å². The minimum absolute atomic E-state index is 0.104. The standard InChI is InChI=1S/C12H13F3N2O3/c13-12(14,15)9-4-3-8(11(19)17-9)10(18)16-6-7-2-1-5-20-7/h3-4,7H,1-2,5-6H2,(H,16,18)(H,17,19)/t7-/m0/s1. The molecular formula is C12H13F3N2O3. The van der Waals surface area contributed by atoms with Gasteiger partial charge in [0.2, 0.25) is 0 Å². The number of hydrogen-bond acceptors (Lipinski definition) is 3. The molecule has 0 bridgehead atoms. The average Bonchev–Trinajstić information content (AvgIpc) is 2.87. The Morgan fingerprint density at radius 2 is 2.20 bits per heavy atom. The van der Waals surface area contributed by atoms with Gasteiger partial charge >= 0.3 is 6.18 Å². The van der Waals surface area contributed by atoms with E-state index >= 15 is 0 Å². The van der Waals surface area contributed by atoms with Crippen LogP contribution in [0.4, 0.5) is 13.2 Å². The number of H-pyrrole nitrogens is 1. The zero-order valence-corrected chi connectivity index (χ0v) is 10.4. The Balaban J connectivity index is 2.04. The van der Waals surface area contributed by atoms with Crippen LogP contribution in [0.1, 0.15) is 28.9 Å². The van der Waals surface area contributed by atoms with E-state index in [1.165, 1.54) is 0 Å². The first-order chi connectivity index (χ1) is 9.38. The van der Waals surface area contributed by atoms with Crippen LogP contribution in [0.15, 0.2) is 16.9 Å². The molecule has 8 heteroatoms. The molecule has 1 amide bonds. The van der Waals surface area contributed by atoms with Crippen LogP contribution >= 0.6 is 0 Å². The summed E-state index contributed by atoms with van der Waals surface area (Å²) in [5.74, 6) is -0.713. The third-order valence-corrected chi connectivity index (χ3v) is 2.97. The number of carbonyl (C=O) groups is 1. The van der Waals surface area contributed by atoms with Gasteiger partial charge in [0.15, 0.2) is 0 Å². The van der Waals surface area contributed by atoms with Crippen LogP contribution in [-0.4, -0.2) is 30.1 Å². The van der Waals surface area contributed by atoms with Crippen molar-refractivity contribution in [1.29, 1.82) is 0 Å². The van der Waals surface area contributed by atoms with E-state index < -0.39 is 23.3 Å². The Hall–Kier alpha value is -1.83. The van der Waals surface area contributed by atoms with Gasteiger partial charge in [-0.1, -0.05) is 0 Å². The molecule has 0 saturated carbocycles. The van der Waals surface area contributed by atoms with Crippen molar-refractivity contribution in [2.24, 2.45) is 0 Å². The first kappa shape index (κ1) is 14.6. The second-order valence-corrected chi connectivity index (χ2v) is 4.46. The van der Waals surface area contributed by atoms with E-state index in [4.69, 9.17) is 4.74 Å². The first-order valence-electron chi connectivity index (χ1n) is 6.08. The number of aromatic nitrogens is 1. The second-order valence-electron chi connectivity index (χ2n) is 4.46. The molecule has 0 spiro atoms. The number of aromatic amines is 1. The van der Waals surface area contributed by atoms with Crippen LogP contribution in [0.5, 0.6) is 0 Å². The van der Waals surface area contributed by atoms with Gasteiger partial charge in [0.1, 0.15) is 11.3 Å². The van der Waals surface area contributed by atoms with Gasteiger partial charge in [-0.25, -0.2) is 0 Å². The summed E-state index contributed by atoms with van der Waals surface area (Å²) in [4.78, 5) is 24.8. The van der Waals surface area contributed by atoms with Crippen molar-refractivity contribution in [3.05, 3.63) is 33.7 Å². The molecule has 1 aliphatic heterocycles. The number of amides is 1. The number of hydrogen-bond donors (Lipinski definition) is 2. The van der Waals surface area contributed by atoms with Crippen molar-refractivity contribution in [3.8, 4) is 0 Å². The van der Waals surface area contributed by atoms with E-state index in [0.717, 1.165) is 18.9 Å². The fourth-order valence-corrected chi connectivity index (χ4v) is 1.92. The average molecular weight is 290 g/mol. The minimum Gasteiger partial charge on any atom is -0.376 e. The van der Waals surface area contributed by atoms with Gasteiger partial charge < -0.3 is 15.0 Å². The molecule has 1 fully saturated rings. The Morgan fingerprint density at radius 1 is 1.45 bits per heavy atom. The van der Waals surface area contributed by atoms with Gasteiger partial charge in [-0.2, -0.15) is 13.2 Å². The monoisotopic (exact) mass is 290 g/mol. The number of pyridine rings is 1. The Kier molecular flexibility index (Phi) is 4.12. The highest BCUT2D eigenvalue weighted by molar-refractivity contribution is 5.93. The molecule has 1 aromatic rings. The molecule has 1 aliphatic rings. The third kappa shape index (κ3) is 3.38. The molecular weight excluding hydrogens is 277 g/mol. The highest BCUT2D eigenvalue weighted by Gasteiger charge is 2.32. The van der Waals surface area contributed by atoms with Gasteiger partial charge in [0.05, 0.1) is 6.10 Å². The van der Waals surface area contributed by atoms with E-state index in [2.05, 4.69) is 5.32 Å². The van der Waals surface area contributed by atoms with E-state index in [9.17, 15) is 22.8 Å². The van der Waals surface area contributed by atoms with Crippen molar-refractivity contribution in [2.45, 2.75) is 25.1 Å². The highest BCUT2D eigenvalue weighted by Crippen LogP contribution is 2.26. The highest BCUT2D eigenvalue weighted by atomic mass is 19.4. The molecule has 20 heavy (non-hydrogen) atoms. The largest absolute Gasteiger partial charge is 0.431 e. The predicted octanol–water partition coefficient (Wildman–Crippen LogP) is 1.30. The quantitative estimate of drug-likeness (QED) is 0.881. The molecule has 2 rings (SSSR count). The molecule has 110 valence electrons. The topological polar surface area (TPSA) is 71.2 Å². The van der Waals surface area contributed by atoms with Crippen LogP contribution in [0.3, 0.4) is 0 Å². The van der Waals surface area contributed by atoms with E-state index in [1.807, 2.05) is 0 Å². The molecule has 0 aromatic carbocycles. The summed E-state index contributed by atoms with van der Waals surface area (Å²) in [5, 5.41) is 2.47. The van der Waals surface area contributed by atoms with Crippen molar-refractivity contribution in [3.63, 3.8) is 0 Å². The number of ether oxygens (including phenoxy) is 1. The summed E-state index contributed by atoms with van der Waals surface area (Å²) in [6.45, 7) is 0.862. The molecule has 2 N–H and O–H groups in total. The van der Waals surface area contributed by atoms with Crippen LogP contribution in [0, 0.1) is 0 Å². The second kappa shape index (κ2) is 5.66. The van der Waals surface area contributed by atoms with E-state index in [0.29, 0.717) is 12.7 Å². The predicted molar refractivity (Wildman–Crippen MR) is 63.4 cm³/mol. The summed E-state index contributed by atoms with van der Waals surface area (Å²) in [6.07, 6.45) is -3.04. The number of nitrogens with one attached hydrogen (secondary N) is 2. The molecule has 1 atom stereocenters. The summed E-state index contributed by atoms with van der Waals surface area (Å²) < 4.78 is 42.4. The number of rotatable bonds is 3. The molecule has 1 saturated heterocycles. The smallest absolute Gasteiger partial charge is 0.376 e. The van der Waals surface area contributed by atoms with Crippen LogP contribution in [-0.2, 0) is 10.9 Å². The molecule has 5 nitrogen and oxygen atoms in total. The molecule has 1 aromatic heterocycles. The maximum Gasteiger partial charge on any atom is 0.431 e. The van der Waals surface area contributed by atoms with Crippen molar-refractivity contribution in [1.82, 2.24) is 10.3 Å². The maximum absolute atomic E-state index is 12.4. The summed E-state index contributed by atoms with van der Waals surface area (Å²) in [5.41, 5.74) is -2.60. The lowest BCUT2D eigenvalue weighted by atomic mass is 10.2. The molecule has 0 radical (unpaired) electrons. The number of carbonyl (C=O) groups excluding carboxylic acids is 1. The van der Waals surface area contributed by atoms with Gasteiger partial charge in [-0.05, 0) is 25.0 Å². The van der Waals surface area contributed by atoms with E-state index in [1.54, 1.807) is 4.98 Å². The first-order valence-corrected chi connectivity index (χ1v) is 6.08. The van der Waals surface area contributed by atoms with Gasteiger partial charge in [-0.3, -0.25) is 9.59 Å². The fourth-order valence-electron chi connectivity index (χ4n) is 1.92. The zero-order valence-electron chi connectivity index (χ0n) is 10.4. The van der Waals surface area contributed by atoms with Crippen molar-refractivity contribution < 1.29 is 22.7 Å². The number of alkyl halides is 3. The fraction of sp³-hybridized carbons (Fsp3) is 0.500. The summed E-state index contributed by atoms with van der Waals surface area (Å²) >= 11 is 0. The Bertz CT molecular complexity index is 548. The van der Waals surface area contributed by atoms with Crippen LogP contribution < -0.4 is 10.9 Å². The van der Waals surface area contributed by atoms with E-state index in [-0.39, 0.29) is 18.2 Å². The van der Waals surface area contributed by atoms with Crippen molar-refractivity contribution in [2.75, 3.05) is 13.2 Å². The van der Waals surface area contributed by atoms with Crippen LogP contribution in [0.2, 0.25) is 0 Å². The Morgan fingerprint density at radius 3 is 2.75 bits per heavy atom. The SMILES string of the molecule is O=C(NC[C@@H]1CCCO1)c1ccc(C(F)(F)F)[nH]c1=O. The lowest BCUT2D eigenvalue weighted by Gasteiger charge is -2.11. The van der Waals surface area contributed by atoms with Gasteiger partial charge in [0.25, 0.3) is 11.5 Å². The molecule has 0 aliphatic carbocycles. The molecule has 0 unspecified atom stereocenters. The third-order valence-electron chi connectivity index (χ3n) is 2.97. The van der Waals surface area contributed by atoms with Gasteiger partial charge in [-0.15, -0.1) is 0 Å². The van der Waals surface area contributed by atoms with Crippen molar-refractivity contribution >= 4 is 5.91 Å². The lowest BCUT2D eigenvalue weighted by Crippen LogP contribution is -2.35. The zero-order chi connectivity index (χ0) is 14.8. The lowest BCUT2D eigenvalue weighted by molar-refractivity contribution is -0.141. The van der Waals surface area contributed by atoms with Gasteiger partial charge in [0, 0.05) is 13.2 Å². The maximum atomic E-state index is 12.4. The van der Waals surface area contributed by atoms with Crippen LogP contribution in [0.25, 0.3) is 0 Å². The normalized spacial score (nSPS) is 19.1. The summed E-state index contributed by atoms with van der Waals surface area (Å²) in [6, 6.07) is 1.54. The summed E-state index contributed by atoms with van der Waals surface area (Å²) in [7, 11) is 0.